The minimum atomic E-state index is 1.13. The van der Waals surface area contributed by atoms with Gasteiger partial charge in [-0.25, -0.2) is 0 Å². The van der Waals surface area contributed by atoms with Gasteiger partial charge in [0.2, 0.25) is 0 Å². The van der Waals surface area contributed by atoms with E-state index in [0.29, 0.717) is 0 Å². The maximum Gasteiger partial charge on any atom is 0.0956 e. The lowest BCUT2D eigenvalue weighted by atomic mass is 10.3. The molecule has 1 fully saturated rings. The number of nitrogens with one attached hydrogen (secondary N) is 2. The summed E-state index contributed by atoms with van der Waals surface area (Å²) in [5.74, 6) is 0. The van der Waals surface area contributed by atoms with Gasteiger partial charge in [-0.3, -0.25) is 0 Å². The van der Waals surface area contributed by atoms with Gasteiger partial charge < -0.3 is 10.2 Å². The zero-order chi connectivity index (χ0) is 6.53. The highest BCUT2D eigenvalue weighted by molar-refractivity contribution is 4.64. The molecule has 1 saturated heterocycles. The first-order chi connectivity index (χ1) is 4.43. The van der Waals surface area contributed by atoms with Crippen molar-refractivity contribution in [2.75, 3.05) is 32.7 Å². The lowest BCUT2D eigenvalue weighted by Crippen LogP contribution is -3.14. The van der Waals surface area contributed by atoms with Gasteiger partial charge in [0.25, 0.3) is 0 Å². The molecule has 0 aromatic rings. The van der Waals surface area contributed by atoms with Gasteiger partial charge in [-0.2, -0.15) is 0 Å². The molecule has 52 valence electrons. The predicted octanol–water partition coefficient (Wildman–Crippen LogP) is -1.34. The Morgan fingerprint density at radius 3 is 2.67 bits per heavy atom. The summed E-state index contributed by atoms with van der Waals surface area (Å²) in [7, 11) is 0. The van der Waals surface area contributed by atoms with E-state index >= 15 is 0 Å². The Balaban J connectivity index is 2.15. The van der Waals surface area contributed by atoms with Crippen LogP contribution < -0.4 is 10.2 Å². The Morgan fingerprint density at radius 1 is 1.44 bits per heavy atom. The summed E-state index contributed by atoms with van der Waals surface area (Å²) < 4.78 is 0. The summed E-state index contributed by atoms with van der Waals surface area (Å²) in [6.07, 6.45) is 2.00. The van der Waals surface area contributed by atoms with E-state index in [-0.39, 0.29) is 0 Å². The standard InChI is InChI=1S/C7H14N2/c1-2-5-9-6-3-8-4-7-9/h2,8H,1,3-7H2/p+1. The molecule has 1 aliphatic heterocycles. The summed E-state index contributed by atoms with van der Waals surface area (Å²) in [6.45, 7) is 9.69. The molecule has 2 N–H and O–H groups in total. The molecule has 1 rings (SSSR count). The fraction of sp³-hybridized carbons (Fsp3) is 0.714. The molecule has 0 bridgehead atoms. The van der Waals surface area contributed by atoms with E-state index in [4.69, 9.17) is 0 Å². The molecule has 2 nitrogen and oxygen atoms in total. The number of rotatable bonds is 2. The minimum Gasteiger partial charge on any atom is -0.330 e. The van der Waals surface area contributed by atoms with Gasteiger partial charge in [-0.1, -0.05) is 6.58 Å². The van der Waals surface area contributed by atoms with Crippen LogP contribution in [0, 0.1) is 0 Å². The average molecular weight is 127 g/mol. The van der Waals surface area contributed by atoms with E-state index in [2.05, 4.69) is 11.9 Å². The van der Waals surface area contributed by atoms with Crippen LogP contribution in [0.4, 0.5) is 0 Å². The number of piperazine rings is 1. The summed E-state index contributed by atoms with van der Waals surface area (Å²) in [5.41, 5.74) is 0. The summed E-state index contributed by atoms with van der Waals surface area (Å²) in [5, 5.41) is 3.32. The van der Waals surface area contributed by atoms with Crippen molar-refractivity contribution in [2.24, 2.45) is 0 Å². The summed E-state index contributed by atoms with van der Waals surface area (Å²) in [6, 6.07) is 0. The Labute approximate surface area is 56.5 Å². The van der Waals surface area contributed by atoms with E-state index < -0.39 is 0 Å². The zero-order valence-electron chi connectivity index (χ0n) is 5.82. The van der Waals surface area contributed by atoms with Gasteiger partial charge in [-0.15, -0.1) is 0 Å². The Bertz CT molecular complexity index is 84.9. The predicted molar refractivity (Wildman–Crippen MR) is 38.6 cm³/mol. The van der Waals surface area contributed by atoms with Crippen molar-refractivity contribution in [3.63, 3.8) is 0 Å². The number of quaternary nitrogens is 1. The van der Waals surface area contributed by atoms with Crippen molar-refractivity contribution in [3.05, 3.63) is 12.7 Å². The highest BCUT2D eigenvalue weighted by atomic mass is 15.2. The van der Waals surface area contributed by atoms with Gasteiger partial charge >= 0.3 is 0 Å². The van der Waals surface area contributed by atoms with Crippen LogP contribution in [0.3, 0.4) is 0 Å². The number of hydrogen-bond donors (Lipinski definition) is 2. The van der Waals surface area contributed by atoms with Crippen LogP contribution in [0.5, 0.6) is 0 Å². The van der Waals surface area contributed by atoms with Crippen LogP contribution >= 0.6 is 0 Å². The molecule has 9 heavy (non-hydrogen) atoms. The van der Waals surface area contributed by atoms with Crippen molar-refractivity contribution in [1.29, 1.82) is 0 Å². The molecule has 0 unspecified atom stereocenters. The second-order valence-electron chi connectivity index (χ2n) is 2.49. The molecular weight excluding hydrogens is 112 g/mol. The zero-order valence-corrected chi connectivity index (χ0v) is 5.82. The van der Waals surface area contributed by atoms with Crippen LogP contribution in [0.15, 0.2) is 12.7 Å². The Hall–Kier alpha value is -0.340. The quantitative estimate of drug-likeness (QED) is 0.439. The Morgan fingerprint density at radius 2 is 2.11 bits per heavy atom. The van der Waals surface area contributed by atoms with Crippen LogP contribution in [-0.4, -0.2) is 32.7 Å². The molecule has 0 aliphatic carbocycles. The molecule has 1 aliphatic rings. The monoisotopic (exact) mass is 127 g/mol. The van der Waals surface area contributed by atoms with Crippen LogP contribution in [0.2, 0.25) is 0 Å². The highest BCUT2D eigenvalue weighted by Crippen LogP contribution is 1.63. The first-order valence-corrected chi connectivity index (χ1v) is 3.58. The molecular formula is C7H15N2+. The van der Waals surface area contributed by atoms with Gasteiger partial charge in [0.15, 0.2) is 0 Å². The average Bonchev–Trinajstić information content (AvgIpc) is 1.91. The van der Waals surface area contributed by atoms with Gasteiger partial charge in [0, 0.05) is 13.1 Å². The minimum absolute atomic E-state index is 1.13. The Kier molecular flexibility index (Phi) is 2.74. The first kappa shape index (κ1) is 6.78. The van der Waals surface area contributed by atoms with Crippen molar-refractivity contribution in [3.8, 4) is 0 Å². The SMILES string of the molecule is C=CC[NH+]1CCNCC1. The molecule has 2 heteroatoms. The highest BCUT2D eigenvalue weighted by Gasteiger charge is 2.09. The molecule has 0 atom stereocenters. The molecule has 0 amide bonds. The van der Waals surface area contributed by atoms with Gasteiger partial charge in [0.05, 0.1) is 19.6 Å². The second kappa shape index (κ2) is 3.64. The lowest BCUT2D eigenvalue weighted by Gasteiger charge is -2.22. The van der Waals surface area contributed by atoms with E-state index in [1.165, 1.54) is 26.2 Å². The van der Waals surface area contributed by atoms with Crippen molar-refractivity contribution in [2.45, 2.75) is 0 Å². The molecule has 0 aromatic heterocycles. The van der Waals surface area contributed by atoms with Crippen molar-refractivity contribution in [1.82, 2.24) is 5.32 Å². The first-order valence-electron chi connectivity index (χ1n) is 3.58. The van der Waals surface area contributed by atoms with E-state index in [1.807, 2.05) is 6.08 Å². The van der Waals surface area contributed by atoms with E-state index in [0.717, 1.165) is 6.54 Å². The van der Waals surface area contributed by atoms with Crippen LogP contribution in [0.25, 0.3) is 0 Å². The van der Waals surface area contributed by atoms with Gasteiger partial charge in [0.1, 0.15) is 0 Å². The maximum absolute atomic E-state index is 3.71. The molecule has 0 radical (unpaired) electrons. The second-order valence-corrected chi connectivity index (χ2v) is 2.49. The van der Waals surface area contributed by atoms with Crippen molar-refractivity contribution >= 4 is 0 Å². The largest absolute Gasteiger partial charge is 0.330 e. The third-order valence-electron chi connectivity index (χ3n) is 1.74. The number of hydrogen-bond acceptors (Lipinski definition) is 1. The normalized spacial score (nSPS) is 21.8. The summed E-state index contributed by atoms with van der Waals surface area (Å²) >= 11 is 0. The molecule has 0 aromatic carbocycles. The topological polar surface area (TPSA) is 16.5 Å². The molecule has 0 spiro atoms. The van der Waals surface area contributed by atoms with Gasteiger partial charge in [-0.05, 0) is 6.08 Å². The van der Waals surface area contributed by atoms with Crippen LogP contribution in [0.1, 0.15) is 0 Å². The van der Waals surface area contributed by atoms with Crippen LogP contribution in [-0.2, 0) is 0 Å². The smallest absolute Gasteiger partial charge is 0.0956 e. The molecule has 0 saturated carbocycles. The van der Waals surface area contributed by atoms with Crippen molar-refractivity contribution < 1.29 is 4.90 Å². The molecule has 1 heterocycles. The van der Waals surface area contributed by atoms with E-state index in [9.17, 15) is 0 Å². The fourth-order valence-corrected chi connectivity index (χ4v) is 1.19. The third kappa shape index (κ3) is 2.16. The maximum atomic E-state index is 3.71. The fourth-order valence-electron chi connectivity index (χ4n) is 1.19. The lowest BCUT2D eigenvalue weighted by molar-refractivity contribution is -0.895. The van der Waals surface area contributed by atoms with E-state index in [1.54, 1.807) is 4.90 Å². The third-order valence-corrected chi connectivity index (χ3v) is 1.74. The summed E-state index contributed by atoms with van der Waals surface area (Å²) in [4.78, 5) is 1.66.